The highest BCUT2D eigenvalue weighted by Crippen LogP contribution is 2.27. The Kier molecular flexibility index (Phi) is 2.14. The maximum absolute atomic E-state index is 4.07. The minimum atomic E-state index is 0.930. The number of nitrogens with one attached hydrogen (secondary N) is 2. The molecule has 0 spiro atoms. The summed E-state index contributed by atoms with van der Waals surface area (Å²) >= 11 is 0. The third-order valence-corrected chi connectivity index (χ3v) is 2.84. The average Bonchev–Trinajstić information content (AvgIpc) is 2.95. The van der Waals surface area contributed by atoms with Crippen molar-refractivity contribution in [3.8, 4) is 0 Å². The van der Waals surface area contributed by atoms with E-state index in [0.29, 0.717) is 0 Å². The number of fused-ring (bicyclic) bond motifs is 1. The topological polar surface area (TPSA) is 53.6 Å². The SMILES string of the molecule is c1cc2n[nH]nc2cc1CNCC1CC1. The molecule has 1 aromatic heterocycles. The van der Waals surface area contributed by atoms with Gasteiger partial charge in [0.05, 0.1) is 0 Å². The quantitative estimate of drug-likeness (QED) is 0.789. The molecule has 0 saturated heterocycles. The van der Waals surface area contributed by atoms with Gasteiger partial charge in [0.25, 0.3) is 0 Å². The van der Waals surface area contributed by atoms with Gasteiger partial charge in [0, 0.05) is 6.54 Å². The normalized spacial score (nSPS) is 16.0. The van der Waals surface area contributed by atoms with E-state index in [4.69, 9.17) is 0 Å². The third-order valence-electron chi connectivity index (χ3n) is 2.84. The molecule has 1 heterocycles. The highest BCUT2D eigenvalue weighted by atomic mass is 15.3. The van der Waals surface area contributed by atoms with E-state index >= 15 is 0 Å². The third kappa shape index (κ3) is 1.99. The maximum Gasteiger partial charge on any atom is 0.113 e. The summed E-state index contributed by atoms with van der Waals surface area (Å²) in [7, 11) is 0. The Hall–Kier alpha value is -1.42. The van der Waals surface area contributed by atoms with E-state index in [1.807, 2.05) is 6.07 Å². The lowest BCUT2D eigenvalue weighted by atomic mass is 10.2. The van der Waals surface area contributed by atoms with Crippen LogP contribution in [-0.2, 0) is 6.54 Å². The molecular formula is C11H14N4. The Bertz CT molecular complexity index is 458. The summed E-state index contributed by atoms with van der Waals surface area (Å²) in [6.45, 7) is 2.08. The molecule has 78 valence electrons. The second-order valence-electron chi connectivity index (χ2n) is 4.22. The van der Waals surface area contributed by atoms with Crippen molar-refractivity contribution in [1.82, 2.24) is 20.7 Å². The van der Waals surface area contributed by atoms with Crippen LogP contribution in [0.1, 0.15) is 18.4 Å². The molecule has 0 amide bonds. The van der Waals surface area contributed by atoms with Gasteiger partial charge in [-0.15, -0.1) is 0 Å². The van der Waals surface area contributed by atoms with Crippen LogP contribution in [0.5, 0.6) is 0 Å². The first-order valence-electron chi connectivity index (χ1n) is 5.42. The van der Waals surface area contributed by atoms with Gasteiger partial charge in [0.15, 0.2) is 0 Å². The smallest absolute Gasteiger partial charge is 0.113 e. The molecule has 0 atom stereocenters. The van der Waals surface area contributed by atoms with Gasteiger partial charge < -0.3 is 5.32 Å². The van der Waals surface area contributed by atoms with Gasteiger partial charge in [-0.05, 0) is 43.0 Å². The fourth-order valence-corrected chi connectivity index (χ4v) is 1.74. The summed E-state index contributed by atoms with van der Waals surface area (Å²) in [5.74, 6) is 0.931. The van der Waals surface area contributed by atoms with Crippen LogP contribution >= 0.6 is 0 Å². The molecule has 0 bridgehead atoms. The highest BCUT2D eigenvalue weighted by Gasteiger charge is 2.20. The summed E-state index contributed by atoms with van der Waals surface area (Å²) in [6, 6.07) is 6.19. The number of aromatic amines is 1. The standard InChI is InChI=1S/C11H14N4/c1-2-8(1)6-12-7-9-3-4-10-11(5-9)14-15-13-10/h3-5,8,12H,1-2,6-7H2,(H,13,14,15). The number of H-pyrrole nitrogens is 1. The Morgan fingerprint density at radius 2 is 2.13 bits per heavy atom. The first kappa shape index (κ1) is 8.85. The summed E-state index contributed by atoms with van der Waals surface area (Å²) in [6.07, 6.45) is 2.80. The largest absolute Gasteiger partial charge is 0.312 e. The van der Waals surface area contributed by atoms with E-state index < -0.39 is 0 Å². The van der Waals surface area contributed by atoms with Crippen molar-refractivity contribution in [2.45, 2.75) is 19.4 Å². The van der Waals surface area contributed by atoms with Crippen LogP contribution < -0.4 is 5.32 Å². The van der Waals surface area contributed by atoms with Crippen LogP contribution in [0.4, 0.5) is 0 Å². The van der Waals surface area contributed by atoms with Gasteiger partial charge in [-0.25, -0.2) is 0 Å². The lowest BCUT2D eigenvalue weighted by Gasteiger charge is -2.02. The predicted molar refractivity (Wildman–Crippen MR) is 58.3 cm³/mol. The molecule has 0 aliphatic heterocycles. The molecular weight excluding hydrogens is 188 g/mol. The second kappa shape index (κ2) is 3.62. The lowest BCUT2D eigenvalue weighted by molar-refractivity contribution is 0.639. The Balaban J connectivity index is 1.67. The molecule has 3 rings (SSSR count). The Morgan fingerprint density at radius 3 is 3.00 bits per heavy atom. The zero-order valence-corrected chi connectivity index (χ0v) is 8.53. The fraction of sp³-hybridized carbons (Fsp3) is 0.455. The van der Waals surface area contributed by atoms with Crippen LogP contribution in [0.2, 0.25) is 0 Å². The molecule has 1 aliphatic carbocycles. The second-order valence-corrected chi connectivity index (χ2v) is 4.22. The summed E-state index contributed by atoms with van der Waals surface area (Å²) in [4.78, 5) is 0. The zero-order valence-electron chi connectivity index (χ0n) is 8.53. The monoisotopic (exact) mass is 202 g/mol. The molecule has 1 aromatic carbocycles. The van der Waals surface area contributed by atoms with Gasteiger partial charge in [0.2, 0.25) is 0 Å². The van der Waals surface area contributed by atoms with E-state index in [1.54, 1.807) is 0 Å². The first-order valence-corrected chi connectivity index (χ1v) is 5.42. The Morgan fingerprint density at radius 1 is 1.27 bits per heavy atom. The first-order chi connectivity index (χ1) is 7.42. The van der Waals surface area contributed by atoms with E-state index in [0.717, 1.165) is 30.0 Å². The molecule has 2 aromatic rings. The van der Waals surface area contributed by atoms with Crippen molar-refractivity contribution in [2.75, 3.05) is 6.54 Å². The van der Waals surface area contributed by atoms with Crippen molar-refractivity contribution in [1.29, 1.82) is 0 Å². The lowest BCUT2D eigenvalue weighted by Crippen LogP contribution is -2.15. The van der Waals surface area contributed by atoms with Crippen LogP contribution in [0.15, 0.2) is 18.2 Å². The van der Waals surface area contributed by atoms with Gasteiger partial charge in [-0.3, -0.25) is 0 Å². The van der Waals surface area contributed by atoms with Crippen LogP contribution in [-0.4, -0.2) is 22.0 Å². The van der Waals surface area contributed by atoms with Crippen LogP contribution in [0.3, 0.4) is 0 Å². The Labute approximate surface area is 88.1 Å². The summed E-state index contributed by atoms with van der Waals surface area (Å²) < 4.78 is 0. The zero-order chi connectivity index (χ0) is 10.1. The molecule has 1 fully saturated rings. The molecule has 4 heteroatoms. The van der Waals surface area contributed by atoms with Gasteiger partial charge >= 0.3 is 0 Å². The van der Waals surface area contributed by atoms with Crippen LogP contribution in [0.25, 0.3) is 11.0 Å². The molecule has 4 nitrogen and oxygen atoms in total. The van der Waals surface area contributed by atoms with Crippen molar-refractivity contribution < 1.29 is 0 Å². The summed E-state index contributed by atoms with van der Waals surface area (Å²) in [5, 5.41) is 14.2. The van der Waals surface area contributed by atoms with Gasteiger partial charge in [0.1, 0.15) is 11.0 Å². The number of rotatable bonds is 4. The number of hydrogen-bond acceptors (Lipinski definition) is 3. The predicted octanol–water partition coefficient (Wildman–Crippen LogP) is 1.46. The number of hydrogen-bond donors (Lipinski definition) is 2. The highest BCUT2D eigenvalue weighted by molar-refractivity contribution is 5.74. The fourth-order valence-electron chi connectivity index (χ4n) is 1.74. The van der Waals surface area contributed by atoms with Gasteiger partial charge in [-0.1, -0.05) is 6.07 Å². The van der Waals surface area contributed by atoms with E-state index in [-0.39, 0.29) is 0 Å². The molecule has 1 saturated carbocycles. The van der Waals surface area contributed by atoms with Crippen molar-refractivity contribution in [3.63, 3.8) is 0 Å². The average molecular weight is 202 g/mol. The van der Waals surface area contributed by atoms with E-state index in [9.17, 15) is 0 Å². The van der Waals surface area contributed by atoms with E-state index in [1.165, 1.54) is 18.4 Å². The van der Waals surface area contributed by atoms with Crippen molar-refractivity contribution in [2.24, 2.45) is 5.92 Å². The number of aromatic nitrogens is 3. The molecule has 0 unspecified atom stereocenters. The maximum atomic E-state index is 4.07. The molecule has 1 aliphatic rings. The van der Waals surface area contributed by atoms with Crippen LogP contribution in [0, 0.1) is 5.92 Å². The minimum absolute atomic E-state index is 0.930. The number of benzene rings is 1. The summed E-state index contributed by atoms with van der Waals surface area (Å²) in [5.41, 5.74) is 3.15. The van der Waals surface area contributed by atoms with E-state index in [2.05, 4.69) is 32.9 Å². The molecule has 0 radical (unpaired) electrons. The minimum Gasteiger partial charge on any atom is -0.312 e. The van der Waals surface area contributed by atoms with Crippen molar-refractivity contribution >= 4 is 11.0 Å². The molecule has 15 heavy (non-hydrogen) atoms. The van der Waals surface area contributed by atoms with Crippen molar-refractivity contribution in [3.05, 3.63) is 23.8 Å². The van der Waals surface area contributed by atoms with Gasteiger partial charge in [-0.2, -0.15) is 15.4 Å². The molecule has 2 N–H and O–H groups in total. The number of nitrogens with zero attached hydrogens (tertiary/aromatic N) is 2.